The molecule has 4 aliphatic rings. The van der Waals surface area contributed by atoms with Crippen LogP contribution >= 0.6 is 0 Å². The molecule has 4 saturated carbocycles. The molecule has 3 heteroatoms. The van der Waals surface area contributed by atoms with Gasteiger partial charge in [0, 0.05) is 38.9 Å². The van der Waals surface area contributed by atoms with Crippen LogP contribution in [0.15, 0.2) is 0 Å². The standard InChI is InChI=1S/C21H34O3/c1-20-11-9-16-15-10-12-21(23-2,24-3)13-14(15)7-8-17(16)18(20)5-4-6-19(20)22/h14-18H,4-13H2,1-3H3/t14-,15-,16+,17+,18-,20-/m0/s1. The van der Waals surface area contributed by atoms with Crippen molar-refractivity contribution in [3.63, 3.8) is 0 Å². The third kappa shape index (κ3) is 2.41. The van der Waals surface area contributed by atoms with Crippen molar-refractivity contribution in [2.24, 2.45) is 35.0 Å². The molecule has 4 fully saturated rings. The monoisotopic (exact) mass is 334 g/mol. The second-order valence-corrected chi connectivity index (χ2v) is 9.27. The third-order valence-corrected chi connectivity index (χ3v) is 8.64. The number of Topliss-reactive ketones (excluding diaryl/α,β-unsaturated/α-hetero) is 1. The van der Waals surface area contributed by atoms with E-state index >= 15 is 0 Å². The van der Waals surface area contributed by atoms with Gasteiger partial charge in [-0.3, -0.25) is 4.79 Å². The summed E-state index contributed by atoms with van der Waals surface area (Å²) in [5.41, 5.74) is 0.00371. The summed E-state index contributed by atoms with van der Waals surface area (Å²) in [4.78, 5) is 12.6. The van der Waals surface area contributed by atoms with Crippen LogP contribution in [-0.4, -0.2) is 25.8 Å². The fraction of sp³-hybridized carbons (Fsp3) is 0.952. The summed E-state index contributed by atoms with van der Waals surface area (Å²) in [6, 6.07) is 0. The van der Waals surface area contributed by atoms with Crippen LogP contribution in [-0.2, 0) is 14.3 Å². The highest BCUT2D eigenvalue weighted by Crippen LogP contribution is 2.61. The highest BCUT2D eigenvalue weighted by atomic mass is 16.7. The van der Waals surface area contributed by atoms with Gasteiger partial charge in [0.15, 0.2) is 5.79 Å². The molecule has 6 atom stereocenters. The molecular formula is C21H34O3. The van der Waals surface area contributed by atoms with E-state index in [9.17, 15) is 4.79 Å². The summed E-state index contributed by atoms with van der Waals surface area (Å²) in [5.74, 6) is 4.13. The summed E-state index contributed by atoms with van der Waals surface area (Å²) in [6.45, 7) is 2.29. The largest absolute Gasteiger partial charge is 0.353 e. The van der Waals surface area contributed by atoms with Gasteiger partial charge in [0.1, 0.15) is 5.78 Å². The van der Waals surface area contributed by atoms with E-state index in [1.807, 2.05) is 0 Å². The highest BCUT2D eigenvalue weighted by Gasteiger charge is 2.56. The lowest BCUT2D eigenvalue weighted by Gasteiger charge is -2.58. The zero-order valence-corrected chi connectivity index (χ0v) is 15.7. The summed E-state index contributed by atoms with van der Waals surface area (Å²) in [6.07, 6.45) is 11.6. The fourth-order valence-corrected chi connectivity index (χ4v) is 7.25. The molecule has 0 aliphatic heterocycles. The fourth-order valence-electron chi connectivity index (χ4n) is 7.25. The number of ether oxygens (including phenoxy) is 2. The van der Waals surface area contributed by atoms with Gasteiger partial charge in [-0.15, -0.1) is 0 Å². The van der Waals surface area contributed by atoms with Gasteiger partial charge < -0.3 is 9.47 Å². The number of rotatable bonds is 2. The molecule has 0 spiro atoms. The number of methoxy groups -OCH3 is 2. The minimum Gasteiger partial charge on any atom is -0.353 e. The smallest absolute Gasteiger partial charge is 0.167 e. The summed E-state index contributed by atoms with van der Waals surface area (Å²) in [7, 11) is 3.60. The lowest BCUT2D eigenvalue weighted by molar-refractivity contribution is -0.247. The Bertz CT molecular complexity index is 497. The highest BCUT2D eigenvalue weighted by molar-refractivity contribution is 5.85. The van der Waals surface area contributed by atoms with Gasteiger partial charge in [0.2, 0.25) is 0 Å². The van der Waals surface area contributed by atoms with Crippen molar-refractivity contribution in [2.45, 2.75) is 76.9 Å². The van der Waals surface area contributed by atoms with Gasteiger partial charge in [-0.2, -0.15) is 0 Å². The van der Waals surface area contributed by atoms with Crippen LogP contribution < -0.4 is 0 Å². The molecule has 0 saturated heterocycles. The van der Waals surface area contributed by atoms with Crippen LogP contribution in [0.3, 0.4) is 0 Å². The number of fused-ring (bicyclic) bond motifs is 5. The Morgan fingerprint density at radius 3 is 2.42 bits per heavy atom. The minimum absolute atomic E-state index is 0.00371. The van der Waals surface area contributed by atoms with Crippen molar-refractivity contribution < 1.29 is 14.3 Å². The van der Waals surface area contributed by atoms with Crippen molar-refractivity contribution in [1.29, 1.82) is 0 Å². The van der Waals surface area contributed by atoms with Crippen LogP contribution in [0.1, 0.15) is 71.1 Å². The van der Waals surface area contributed by atoms with Crippen LogP contribution in [0.25, 0.3) is 0 Å². The number of hydrogen-bond acceptors (Lipinski definition) is 3. The van der Waals surface area contributed by atoms with E-state index in [0.717, 1.165) is 55.8 Å². The Morgan fingerprint density at radius 1 is 0.917 bits per heavy atom. The van der Waals surface area contributed by atoms with Crippen LogP contribution in [0.2, 0.25) is 0 Å². The van der Waals surface area contributed by atoms with Gasteiger partial charge >= 0.3 is 0 Å². The Kier molecular flexibility index (Phi) is 4.32. The molecule has 3 nitrogen and oxygen atoms in total. The lowest BCUT2D eigenvalue weighted by Crippen LogP contribution is -2.54. The van der Waals surface area contributed by atoms with Gasteiger partial charge in [0.25, 0.3) is 0 Å². The molecule has 0 unspecified atom stereocenters. The molecule has 0 amide bonds. The zero-order valence-electron chi connectivity index (χ0n) is 15.7. The Hall–Kier alpha value is -0.410. The molecule has 0 radical (unpaired) electrons. The number of carbonyl (C=O) groups is 1. The average Bonchev–Trinajstić information content (AvgIpc) is 2.61. The quantitative estimate of drug-likeness (QED) is 0.693. The van der Waals surface area contributed by atoms with E-state index < -0.39 is 0 Å². The number of carbonyl (C=O) groups excluding carboxylic acids is 1. The van der Waals surface area contributed by atoms with E-state index in [2.05, 4.69) is 6.92 Å². The van der Waals surface area contributed by atoms with Crippen molar-refractivity contribution in [3.05, 3.63) is 0 Å². The normalized spacial score (nSPS) is 47.5. The molecule has 0 aromatic carbocycles. The first kappa shape index (κ1) is 17.0. The predicted molar refractivity (Wildman–Crippen MR) is 93.5 cm³/mol. The molecule has 0 N–H and O–H groups in total. The van der Waals surface area contributed by atoms with Crippen LogP contribution in [0.4, 0.5) is 0 Å². The molecule has 0 heterocycles. The van der Waals surface area contributed by atoms with Crippen LogP contribution in [0, 0.1) is 35.0 Å². The zero-order chi connectivity index (χ0) is 16.9. The second kappa shape index (κ2) is 6.09. The first-order chi connectivity index (χ1) is 11.5. The van der Waals surface area contributed by atoms with E-state index in [1.54, 1.807) is 14.2 Å². The molecule has 0 aromatic heterocycles. The van der Waals surface area contributed by atoms with Crippen molar-refractivity contribution in [1.82, 2.24) is 0 Å². The van der Waals surface area contributed by atoms with Crippen LogP contribution in [0.5, 0.6) is 0 Å². The maximum Gasteiger partial charge on any atom is 0.167 e. The third-order valence-electron chi connectivity index (χ3n) is 8.64. The van der Waals surface area contributed by atoms with Gasteiger partial charge in [-0.05, 0) is 74.5 Å². The number of hydrogen-bond donors (Lipinski definition) is 0. The average molecular weight is 335 g/mol. The molecule has 0 bridgehead atoms. The second-order valence-electron chi connectivity index (χ2n) is 9.27. The Labute approximate surface area is 146 Å². The topological polar surface area (TPSA) is 35.5 Å². The maximum atomic E-state index is 12.6. The van der Waals surface area contributed by atoms with Crippen molar-refractivity contribution >= 4 is 5.78 Å². The first-order valence-electron chi connectivity index (χ1n) is 10.2. The van der Waals surface area contributed by atoms with Gasteiger partial charge in [0.05, 0.1) is 0 Å². The molecular weight excluding hydrogens is 300 g/mol. The number of ketones is 1. The lowest BCUT2D eigenvalue weighted by atomic mass is 9.47. The SMILES string of the molecule is COC1(OC)CC[C@H]2[C@@H](CC[C@@H]3[C@@H]2CC[C@]2(C)C(=O)CCC[C@@H]32)C1. The van der Waals surface area contributed by atoms with Crippen molar-refractivity contribution in [2.75, 3.05) is 14.2 Å². The first-order valence-corrected chi connectivity index (χ1v) is 10.2. The Balaban J connectivity index is 1.54. The van der Waals surface area contributed by atoms with E-state index in [0.29, 0.717) is 11.7 Å². The summed E-state index contributed by atoms with van der Waals surface area (Å²) in [5, 5.41) is 0. The van der Waals surface area contributed by atoms with E-state index in [4.69, 9.17) is 9.47 Å². The predicted octanol–water partition coefficient (Wildman–Crippen LogP) is 4.59. The minimum atomic E-state index is -0.335. The Morgan fingerprint density at radius 2 is 1.67 bits per heavy atom. The maximum absolute atomic E-state index is 12.6. The molecule has 0 aromatic rings. The van der Waals surface area contributed by atoms with E-state index in [-0.39, 0.29) is 11.2 Å². The molecule has 136 valence electrons. The van der Waals surface area contributed by atoms with Crippen molar-refractivity contribution in [3.8, 4) is 0 Å². The molecule has 24 heavy (non-hydrogen) atoms. The van der Waals surface area contributed by atoms with Gasteiger partial charge in [-0.1, -0.05) is 6.92 Å². The van der Waals surface area contributed by atoms with E-state index in [1.165, 1.54) is 32.1 Å². The molecule has 4 rings (SSSR count). The molecule has 4 aliphatic carbocycles. The summed E-state index contributed by atoms with van der Waals surface area (Å²) < 4.78 is 11.5. The summed E-state index contributed by atoms with van der Waals surface area (Å²) >= 11 is 0. The van der Waals surface area contributed by atoms with Gasteiger partial charge in [-0.25, -0.2) is 0 Å².